The van der Waals surface area contributed by atoms with Crippen LogP contribution in [0.1, 0.15) is 10.6 Å². The van der Waals surface area contributed by atoms with Gasteiger partial charge >= 0.3 is 0 Å². The molecule has 3 N–H and O–H groups in total. The van der Waals surface area contributed by atoms with Gasteiger partial charge in [-0.3, -0.25) is 4.79 Å². The van der Waals surface area contributed by atoms with Gasteiger partial charge in [-0.05, 0) is 24.3 Å². The number of halogens is 1. The molecule has 0 spiro atoms. The average molecular weight is 267 g/mol. The maximum absolute atomic E-state index is 11.8. The third-order valence-corrected chi connectivity index (χ3v) is 2.56. The van der Waals surface area contributed by atoms with Gasteiger partial charge in [0.15, 0.2) is 11.6 Å². The summed E-state index contributed by atoms with van der Waals surface area (Å²) in [7, 11) is 1.52. The molecule has 0 radical (unpaired) electrons. The molecule has 0 aliphatic carbocycles. The van der Waals surface area contributed by atoms with Crippen molar-refractivity contribution in [2.24, 2.45) is 0 Å². The van der Waals surface area contributed by atoms with Crippen molar-refractivity contribution in [2.75, 3.05) is 18.2 Å². The predicted octanol–water partition coefficient (Wildman–Crippen LogP) is 2.78. The number of carbonyl (C=O) groups is 1. The normalized spacial score (nSPS) is 10.1. The van der Waals surface area contributed by atoms with Crippen molar-refractivity contribution in [3.8, 4) is 5.75 Å². The summed E-state index contributed by atoms with van der Waals surface area (Å²) in [5.74, 6) is 0.470. The molecule has 0 aliphatic rings. The van der Waals surface area contributed by atoms with Gasteiger partial charge in [0.25, 0.3) is 5.91 Å². The average Bonchev–Trinajstić information content (AvgIpc) is 2.76. The van der Waals surface area contributed by atoms with Crippen LogP contribution in [0.4, 0.5) is 11.6 Å². The number of rotatable bonds is 3. The molecule has 2 aromatic rings. The number of hydrogen-bond donors (Lipinski definition) is 2. The maximum atomic E-state index is 11.8. The maximum Gasteiger partial charge on any atom is 0.291 e. The standard InChI is InChI=1S/C12H11ClN2O3/c1-17-9-3-2-7(6-8(9)13)15-12(16)10-4-5-11(14)18-10/h2-6H,14H2,1H3,(H,15,16). The van der Waals surface area contributed by atoms with Crippen molar-refractivity contribution in [2.45, 2.75) is 0 Å². The Bertz CT molecular complexity index is 580. The van der Waals surface area contributed by atoms with E-state index < -0.39 is 5.91 Å². The van der Waals surface area contributed by atoms with Crippen molar-refractivity contribution >= 4 is 29.1 Å². The number of amides is 1. The SMILES string of the molecule is COc1ccc(NC(=O)c2ccc(N)o2)cc1Cl. The second kappa shape index (κ2) is 5.01. The Hall–Kier alpha value is -2.14. The largest absolute Gasteiger partial charge is 0.495 e. The van der Waals surface area contributed by atoms with Crippen LogP contribution in [0.5, 0.6) is 5.75 Å². The van der Waals surface area contributed by atoms with E-state index in [-0.39, 0.29) is 11.6 Å². The monoisotopic (exact) mass is 266 g/mol. The van der Waals surface area contributed by atoms with Crippen LogP contribution in [0.3, 0.4) is 0 Å². The van der Waals surface area contributed by atoms with Gasteiger partial charge < -0.3 is 20.2 Å². The summed E-state index contributed by atoms with van der Waals surface area (Å²) in [6.07, 6.45) is 0. The van der Waals surface area contributed by atoms with Gasteiger partial charge in [-0.2, -0.15) is 0 Å². The van der Waals surface area contributed by atoms with Crippen LogP contribution in [-0.4, -0.2) is 13.0 Å². The Morgan fingerprint density at radius 1 is 1.39 bits per heavy atom. The van der Waals surface area contributed by atoms with Crippen molar-refractivity contribution in [3.05, 3.63) is 41.1 Å². The van der Waals surface area contributed by atoms with Crippen molar-refractivity contribution in [1.82, 2.24) is 0 Å². The minimum absolute atomic E-state index is 0.138. The number of furan rings is 1. The Morgan fingerprint density at radius 3 is 2.72 bits per heavy atom. The molecule has 0 bridgehead atoms. The number of anilines is 2. The minimum atomic E-state index is -0.395. The molecule has 6 heteroatoms. The van der Waals surface area contributed by atoms with Gasteiger partial charge in [0, 0.05) is 11.8 Å². The number of nitrogens with two attached hydrogens (primary N) is 1. The van der Waals surface area contributed by atoms with E-state index in [0.717, 1.165) is 0 Å². The van der Waals surface area contributed by atoms with Crippen LogP contribution in [0.25, 0.3) is 0 Å². The lowest BCUT2D eigenvalue weighted by Crippen LogP contribution is -2.10. The van der Waals surface area contributed by atoms with E-state index in [9.17, 15) is 4.79 Å². The molecule has 0 unspecified atom stereocenters. The van der Waals surface area contributed by atoms with Gasteiger partial charge in [-0.25, -0.2) is 0 Å². The Morgan fingerprint density at radius 2 is 2.17 bits per heavy atom. The smallest absolute Gasteiger partial charge is 0.291 e. The number of nitrogens with one attached hydrogen (secondary N) is 1. The van der Waals surface area contributed by atoms with E-state index in [1.165, 1.54) is 19.2 Å². The molecule has 1 aromatic heterocycles. The number of carbonyl (C=O) groups excluding carboxylic acids is 1. The summed E-state index contributed by atoms with van der Waals surface area (Å²) >= 11 is 5.94. The highest BCUT2D eigenvalue weighted by Gasteiger charge is 2.11. The fourth-order valence-electron chi connectivity index (χ4n) is 1.41. The summed E-state index contributed by atoms with van der Waals surface area (Å²) in [5.41, 5.74) is 5.93. The van der Waals surface area contributed by atoms with Gasteiger partial charge in [0.1, 0.15) is 5.75 Å². The molecule has 0 saturated heterocycles. The first kappa shape index (κ1) is 12.3. The van der Waals surface area contributed by atoms with Gasteiger partial charge in [-0.15, -0.1) is 0 Å². The molecule has 5 nitrogen and oxygen atoms in total. The third-order valence-electron chi connectivity index (χ3n) is 2.26. The lowest BCUT2D eigenvalue weighted by Gasteiger charge is -2.06. The molecular weight excluding hydrogens is 256 g/mol. The molecule has 0 saturated carbocycles. The summed E-state index contributed by atoms with van der Waals surface area (Å²) in [5, 5.41) is 3.05. The zero-order valence-electron chi connectivity index (χ0n) is 9.57. The van der Waals surface area contributed by atoms with Gasteiger partial charge in [0.2, 0.25) is 0 Å². The highest BCUT2D eigenvalue weighted by atomic mass is 35.5. The van der Waals surface area contributed by atoms with Crippen LogP contribution < -0.4 is 15.8 Å². The highest BCUT2D eigenvalue weighted by molar-refractivity contribution is 6.32. The molecule has 0 atom stereocenters. The van der Waals surface area contributed by atoms with Crippen molar-refractivity contribution in [1.29, 1.82) is 0 Å². The van der Waals surface area contributed by atoms with Gasteiger partial charge in [0.05, 0.1) is 12.1 Å². The van der Waals surface area contributed by atoms with Crippen LogP contribution in [-0.2, 0) is 0 Å². The fraction of sp³-hybridized carbons (Fsp3) is 0.0833. The minimum Gasteiger partial charge on any atom is -0.495 e. The lowest BCUT2D eigenvalue weighted by molar-refractivity contribution is 0.0997. The Kier molecular flexibility index (Phi) is 3.43. The number of nitrogen functional groups attached to an aromatic ring is 1. The van der Waals surface area contributed by atoms with E-state index in [2.05, 4.69) is 5.32 Å². The summed E-state index contributed by atoms with van der Waals surface area (Å²) < 4.78 is 10.0. The third kappa shape index (κ3) is 2.57. The first-order valence-corrected chi connectivity index (χ1v) is 5.48. The zero-order valence-corrected chi connectivity index (χ0v) is 10.3. The van der Waals surface area contributed by atoms with E-state index in [0.29, 0.717) is 16.5 Å². The number of ether oxygens (including phenoxy) is 1. The van der Waals surface area contributed by atoms with E-state index >= 15 is 0 Å². The molecule has 0 fully saturated rings. The van der Waals surface area contributed by atoms with E-state index in [1.807, 2.05) is 0 Å². The molecule has 1 amide bonds. The van der Waals surface area contributed by atoms with E-state index in [1.54, 1.807) is 18.2 Å². The first-order valence-electron chi connectivity index (χ1n) is 5.10. The predicted molar refractivity (Wildman–Crippen MR) is 69.1 cm³/mol. The topological polar surface area (TPSA) is 77.5 Å². The van der Waals surface area contributed by atoms with Crippen LogP contribution in [0.15, 0.2) is 34.7 Å². The molecule has 18 heavy (non-hydrogen) atoms. The zero-order chi connectivity index (χ0) is 13.1. The van der Waals surface area contributed by atoms with Crippen LogP contribution >= 0.6 is 11.6 Å². The molecule has 0 aliphatic heterocycles. The molecule has 1 heterocycles. The highest BCUT2D eigenvalue weighted by Crippen LogP contribution is 2.27. The van der Waals surface area contributed by atoms with Crippen LogP contribution in [0.2, 0.25) is 5.02 Å². The Labute approximate surface area is 108 Å². The fourth-order valence-corrected chi connectivity index (χ4v) is 1.67. The van der Waals surface area contributed by atoms with E-state index in [4.69, 9.17) is 26.5 Å². The summed E-state index contributed by atoms with van der Waals surface area (Å²) in [4.78, 5) is 11.8. The molecular formula is C12H11ClN2O3. The summed E-state index contributed by atoms with van der Waals surface area (Å²) in [6, 6.07) is 7.93. The molecule has 1 aromatic carbocycles. The van der Waals surface area contributed by atoms with Gasteiger partial charge in [-0.1, -0.05) is 11.6 Å². The number of hydrogen-bond acceptors (Lipinski definition) is 4. The first-order chi connectivity index (χ1) is 8.60. The number of methoxy groups -OCH3 is 1. The van der Waals surface area contributed by atoms with Crippen molar-refractivity contribution < 1.29 is 13.9 Å². The van der Waals surface area contributed by atoms with Crippen LogP contribution in [0, 0.1) is 0 Å². The van der Waals surface area contributed by atoms with Crippen molar-refractivity contribution in [3.63, 3.8) is 0 Å². The second-order valence-electron chi connectivity index (χ2n) is 3.51. The summed E-state index contributed by atoms with van der Waals surface area (Å²) in [6.45, 7) is 0. The molecule has 2 rings (SSSR count). The number of benzene rings is 1. The lowest BCUT2D eigenvalue weighted by atomic mass is 10.3. The second-order valence-corrected chi connectivity index (χ2v) is 3.91. The Balaban J connectivity index is 2.14. The quantitative estimate of drug-likeness (QED) is 0.895. The molecule has 94 valence electrons.